The van der Waals surface area contributed by atoms with Crippen molar-refractivity contribution in [1.82, 2.24) is 19.8 Å². The van der Waals surface area contributed by atoms with E-state index < -0.39 is 0 Å². The van der Waals surface area contributed by atoms with Crippen LogP contribution in [0.5, 0.6) is 0 Å². The van der Waals surface area contributed by atoms with Crippen LogP contribution >= 0.6 is 0 Å². The Morgan fingerprint density at radius 3 is 2.33 bits per heavy atom. The number of rotatable bonds is 5. The van der Waals surface area contributed by atoms with Crippen molar-refractivity contribution in [1.29, 1.82) is 0 Å². The van der Waals surface area contributed by atoms with Crippen molar-refractivity contribution >= 4 is 11.7 Å². The number of nitrogens with two attached hydrogens (primary N) is 1. The normalized spacial score (nSPS) is 21.3. The minimum absolute atomic E-state index is 0.0409. The van der Waals surface area contributed by atoms with E-state index in [0.717, 1.165) is 75.6 Å². The molecule has 150 valence electrons. The SMILES string of the molecule is CCN(CC)C1CCN(C(=O)c2nc(C)c(C)c(N3CC[C@@H](N)C3)n2)CC1. The van der Waals surface area contributed by atoms with Crippen molar-refractivity contribution in [3.05, 3.63) is 17.1 Å². The number of aromatic nitrogens is 2. The lowest BCUT2D eigenvalue weighted by molar-refractivity contribution is 0.0619. The van der Waals surface area contributed by atoms with E-state index in [1.54, 1.807) is 0 Å². The minimum Gasteiger partial charge on any atom is -0.355 e. The van der Waals surface area contributed by atoms with Crippen molar-refractivity contribution in [3.63, 3.8) is 0 Å². The van der Waals surface area contributed by atoms with Crippen LogP contribution in [0.4, 0.5) is 5.82 Å². The molecule has 0 spiro atoms. The number of likely N-dealkylation sites (tertiary alicyclic amines) is 1. The van der Waals surface area contributed by atoms with Gasteiger partial charge in [-0.2, -0.15) is 0 Å². The van der Waals surface area contributed by atoms with E-state index in [2.05, 4.69) is 33.6 Å². The molecule has 3 rings (SSSR count). The van der Waals surface area contributed by atoms with E-state index in [9.17, 15) is 4.79 Å². The molecule has 0 aromatic carbocycles. The molecule has 0 aliphatic carbocycles. The summed E-state index contributed by atoms with van der Waals surface area (Å²) in [4.78, 5) is 28.8. The molecular formula is C20H34N6O. The zero-order chi connectivity index (χ0) is 19.6. The maximum absolute atomic E-state index is 13.1. The van der Waals surface area contributed by atoms with Gasteiger partial charge in [0.2, 0.25) is 5.82 Å². The monoisotopic (exact) mass is 374 g/mol. The number of nitrogens with zero attached hydrogens (tertiary/aromatic N) is 5. The first-order valence-electron chi connectivity index (χ1n) is 10.3. The summed E-state index contributed by atoms with van der Waals surface area (Å²) in [7, 11) is 0. The Kier molecular flexibility index (Phi) is 6.32. The Balaban J connectivity index is 1.73. The van der Waals surface area contributed by atoms with Crippen LogP contribution in [0, 0.1) is 13.8 Å². The number of carbonyl (C=O) groups is 1. The third-order valence-corrected chi connectivity index (χ3v) is 6.16. The van der Waals surface area contributed by atoms with E-state index in [0.29, 0.717) is 11.9 Å². The van der Waals surface area contributed by atoms with Crippen molar-refractivity contribution in [2.75, 3.05) is 44.2 Å². The van der Waals surface area contributed by atoms with Crippen molar-refractivity contribution < 1.29 is 4.79 Å². The fourth-order valence-electron chi connectivity index (χ4n) is 4.31. The lowest BCUT2D eigenvalue weighted by Crippen LogP contribution is -2.47. The Bertz CT molecular complexity index is 667. The van der Waals surface area contributed by atoms with Gasteiger partial charge in [-0.3, -0.25) is 4.79 Å². The summed E-state index contributed by atoms with van der Waals surface area (Å²) in [5.41, 5.74) is 7.98. The van der Waals surface area contributed by atoms with E-state index in [4.69, 9.17) is 5.73 Å². The van der Waals surface area contributed by atoms with E-state index in [1.165, 1.54) is 0 Å². The number of hydrogen-bond acceptors (Lipinski definition) is 6. The summed E-state index contributed by atoms with van der Waals surface area (Å²) < 4.78 is 0. The van der Waals surface area contributed by atoms with Gasteiger partial charge in [0.15, 0.2) is 0 Å². The van der Waals surface area contributed by atoms with Crippen LogP contribution in [-0.4, -0.2) is 77.0 Å². The van der Waals surface area contributed by atoms with Gasteiger partial charge < -0.3 is 20.4 Å². The van der Waals surface area contributed by atoms with Crippen LogP contribution in [0.2, 0.25) is 0 Å². The summed E-state index contributed by atoms with van der Waals surface area (Å²) >= 11 is 0. The Hall–Kier alpha value is -1.73. The van der Waals surface area contributed by atoms with Crippen LogP contribution in [0.3, 0.4) is 0 Å². The Morgan fingerprint density at radius 1 is 1.11 bits per heavy atom. The highest BCUT2D eigenvalue weighted by Gasteiger charge is 2.29. The average molecular weight is 375 g/mol. The van der Waals surface area contributed by atoms with E-state index in [-0.39, 0.29) is 11.9 Å². The highest BCUT2D eigenvalue weighted by atomic mass is 16.2. The maximum atomic E-state index is 13.1. The molecular weight excluding hydrogens is 340 g/mol. The smallest absolute Gasteiger partial charge is 0.291 e. The summed E-state index contributed by atoms with van der Waals surface area (Å²) in [6.45, 7) is 13.8. The first-order chi connectivity index (χ1) is 12.9. The van der Waals surface area contributed by atoms with Gasteiger partial charge in [-0.05, 0) is 46.2 Å². The average Bonchev–Trinajstić information content (AvgIpc) is 3.11. The molecule has 2 saturated heterocycles. The van der Waals surface area contributed by atoms with Gasteiger partial charge in [0.25, 0.3) is 5.91 Å². The second kappa shape index (κ2) is 8.52. The first kappa shape index (κ1) is 20.0. The van der Waals surface area contributed by atoms with Gasteiger partial charge in [0.05, 0.1) is 0 Å². The predicted octanol–water partition coefficient (Wildman–Crippen LogP) is 1.58. The molecule has 1 aromatic heterocycles. The molecule has 27 heavy (non-hydrogen) atoms. The molecule has 2 fully saturated rings. The van der Waals surface area contributed by atoms with Crippen LogP contribution in [-0.2, 0) is 0 Å². The third-order valence-electron chi connectivity index (χ3n) is 6.16. The highest BCUT2D eigenvalue weighted by Crippen LogP contribution is 2.24. The van der Waals surface area contributed by atoms with Crippen LogP contribution < -0.4 is 10.6 Å². The van der Waals surface area contributed by atoms with E-state index >= 15 is 0 Å². The molecule has 3 heterocycles. The molecule has 2 aliphatic heterocycles. The lowest BCUT2D eigenvalue weighted by atomic mass is 10.0. The molecule has 0 saturated carbocycles. The summed E-state index contributed by atoms with van der Waals surface area (Å²) in [6, 6.07) is 0.754. The summed E-state index contributed by atoms with van der Waals surface area (Å²) in [6.07, 6.45) is 3.00. The fraction of sp³-hybridized carbons (Fsp3) is 0.750. The minimum atomic E-state index is -0.0409. The van der Waals surface area contributed by atoms with Crippen molar-refractivity contribution in [2.24, 2.45) is 5.73 Å². The summed E-state index contributed by atoms with van der Waals surface area (Å²) in [5, 5.41) is 0. The molecule has 1 amide bonds. The Labute approximate surface area is 162 Å². The molecule has 1 aromatic rings. The molecule has 1 atom stereocenters. The van der Waals surface area contributed by atoms with Crippen molar-refractivity contribution in [2.45, 2.75) is 59.0 Å². The number of aryl methyl sites for hydroxylation is 1. The fourth-order valence-corrected chi connectivity index (χ4v) is 4.31. The standard InChI is InChI=1S/C20H34N6O/c1-5-24(6-2)17-8-11-25(12-9-17)20(27)18-22-15(4)14(3)19(23-18)26-10-7-16(21)13-26/h16-17H,5-13,21H2,1-4H3/t16-/m1/s1. The molecule has 0 unspecified atom stereocenters. The van der Waals surface area contributed by atoms with Gasteiger partial charge in [0, 0.05) is 49.5 Å². The van der Waals surface area contributed by atoms with E-state index in [1.807, 2.05) is 18.7 Å². The molecule has 2 N–H and O–H groups in total. The highest BCUT2D eigenvalue weighted by molar-refractivity contribution is 5.91. The number of carbonyl (C=O) groups excluding carboxylic acids is 1. The second-order valence-electron chi connectivity index (χ2n) is 7.82. The molecule has 7 heteroatoms. The quantitative estimate of drug-likeness (QED) is 0.843. The second-order valence-corrected chi connectivity index (χ2v) is 7.82. The first-order valence-corrected chi connectivity index (χ1v) is 10.3. The van der Waals surface area contributed by atoms with Gasteiger partial charge in [-0.15, -0.1) is 0 Å². The van der Waals surface area contributed by atoms with Crippen LogP contribution in [0.15, 0.2) is 0 Å². The maximum Gasteiger partial charge on any atom is 0.291 e. The molecule has 7 nitrogen and oxygen atoms in total. The summed E-state index contributed by atoms with van der Waals surface area (Å²) in [5.74, 6) is 1.16. The topological polar surface area (TPSA) is 78.6 Å². The molecule has 0 bridgehead atoms. The van der Waals surface area contributed by atoms with Gasteiger partial charge in [-0.1, -0.05) is 13.8 Å². The predicted molar refractivity (Wildman–Crippen MR) is 108 cm³/mol. The zero-order valence-electron chi connectivity index (χ0n) is 17.2. The van der Waals surface area contributed by atoms with Gasteiger partial charge >= 0.3 is 0 Å². The Morgan fingerprint density at radius 2 is 1.78 bits per heavy atom. The number of hydrogen-bond donors (Lipinski definition) is 1. The van der Waals surface area contributed by atoms with Gasteiger partial charge in [0.1, 0.15) is 5.82 Å². The number of piperidine rings is 1. The van der Waals surface area contributed by atoms with Gasteiger partial charge in [-0.25, -0.2) is 9.97 Å². The van der Waals surface area contributed by atoms with Crippen LogP contribution in [0.1, 0.15) is 55.0 Å². The molecule has 0 radical (unpaired) electrons. The zero-order valence-corrected chi connectivity index (χ0v) is 17.2. The number of anilines is 1. The largest absolute Gasteiger partial charge is 0.355 e. The third kappa shape index (κ3) is 4.24. The number of amides is 1. The lowest BCUT2D eigenvalue weighted by Gasteiger charge is -2.37. The molecule has 2 aliphatic rings. The van der Waals surface area contributed by atoms with Crippen molar-refractivity contribution in [3.8, 4) is 0 Å². The van der Waals surface area contributed by atoms with Crippen LogP contribution in [0.25, 0.3) is 0 Å².